The van der Waals surface area contributed by atoms with Gasteiger partial charge < -0.3 is 10.0 Å². The molecule has 0 bridgehead atoms. The Morgan fingerprint density at radius 3 is 2.61 bits per heavy atom. The van der Waals surface area contributed by atoms with E-state index in [0.717, 1.165) is 37.7 Å². The van der Waals surface area contributed by atoms with Crippen LogP contribution in [0.25, 0.3) is 0 Å². The zero-order valence-corrected chi connectivity index (χ0v) is 19.5. The van der Waals surface area contributed by atoms with E-state index >= 15 is 0 Å². The number of hydrogen-bond donors (Lipinski definition) is 1. The first-order chi connectivity index (χ1) is 15.8. The molecule has 1 aliphatic heterocycles. The molecule has 1 saturated heterocycles. The van der Waals surface area contributed by atoms with Gasteiger partial charge in [0.25, 0.3) is 0 Å². The second-order valence-corrected chi connectivity index (χ2v) is 9.11. The summed E-state index contributed by atoms with van der Waals surface area (Å²) in [6, 6.07) is 10.9. The Labute approximate surface area is 197 Å². The number of nitrogens with zero attached hydrogens (tertiary/aromatic N) is 5. The van der Waals surface area contributed by atoms with Gasteiger partial charge in [-0.3, -0.25) is 4.90 Å². The number of hydrogen-bond acceptors (Lipinski definition) is 5. The third-order valence-electron chi connectivity index (χ3n) is 6.77. The third kappa shape index (κ3) is 5.03. The van der Waals surface area contributed by atoms with Gasteiger partial charge in [0, 0.05) is 54.6 Å². The van der Waals surface area contributed by atoms with E-state index in [-0.39, 0.29) is 12.1 Å². The number of likely N-dealkylation sites (tertiary alicyclic amines) is 1. The molecule has 0 saturated carbocycles. The molecular formula is C24H28ClF2N5O. The van der Waals surface area contributed by atoms with E-state index in [0.29, 0.717) is 11.1 Å². The zero-order valence-electron chi connectivity index (χ0n) is 18.7. The number of benzene rings is 2. The highest BCUT2D eigenvalue weighted by atomic mass is 35.5. The Morgan fingerprint density at radius 2 is 1.97 bits per heavy atom. The van der Waals surface area contributed by atoms with Crippen molar-refractivity contribution in [1.29, 1.82) is 0 Å². The number of aromatic nitrogens is 3. The minimum absolute atomic E-state index is 0.000928. The average Bonchev–Trinajstić information content (AvgIpc) is 3.31. The summed E-state index contributed by atoms with van der Waals surface area (Å²) in [6.45, 7) is 3.32. The van der Waals surface area contributed by atoms with Gasteiger partial charge in [0.2, 0.25) is 0 Å². The standard InChI is InChI=1S/C24H28ClF2N5O/c1-17(31-10-8-20(9-11-31)30(2)21-5-3-4-18(25)12-21)24(33,14-32-16-28-15-29-32)22-7-6-19(26)13-23(22)27/h3-7,12-13,15-17,20,33H,8-11,14H2,1-2H3/t17-,24-/m1/s1. The van der Waals surface area contributed by atoms with E-state index in [2.05, 4.69) is 26.9 Å². The van der Waals surface area contributed by atoms with Crippen molar-refractivity contribution in [1.82, 2.24) is 19.7 Å². The highest BCUT2D eigenvalue weighted by molar-refractivity contribution is 6.30. The maximum atomic E-state index is 14.8. The average molecular weight is 476 g/mol. The number of halogens is 3. The van der Waals surface area contributed by atoms with Gasteiger partial charge >= 0.3 is 0 Å². The van der Waals surface area contributed by atoms with Crippen molar-refractivity contribution in [2.75, 3.05) is 25.0 Å². The lowest BCUT2D eigenvalue weighted by Crippen LogP contribution is -2.55. The topological polar surface area (TPSA) is 57.4 Å². The summed E-state index contributed by atoms with van der Waals surface area (Å²) in [5.41, 5.74) is -0.521. The van der Waals surface area contributed by atoms with Crippen LogP contribution in [-0.4, -0.2) is 57.0 Å². The van der Waals surface area contributed by atoms with Crippen LogP contribution in [0.4, 0.5) is 14.5 Å². The molecule has 1 fully saturated rings. The summed E-state index contributed by atoms with van der Waals surface area (Å²) >= 11 is 6.15. The first-order valence-corrected chi connectivity index (χ1v) is 11.4. The van der Waals surface area contributed by atoms with Crippen LogP contribution in [0, 0.1) is 11.6 Å². The first-order valence-electron chi connectivity index (χ1n) is 11.0. The SMILES string of the molecule is C[C@@H](N1CCC(N(C)c2cccc(Cl)c2)CC1)[C@](O)(Cn1cncn1)c1ccc(F)cc1F. The van der Waals surface area contributed by atoms with Gasteiger partial charge in [0.05, 0.1) is 6.54 Å². The molecule has 0 unspecified atom stereocenters. The number of piperidine rings is 1. The van der Waals surface area contributed by atoms with Crippen molar-refractivity contribution < 1.29 is 13.9 Å². The molecule has 9 heteroatoms. The van der Waals surface area contributed by atoms with Gasteiger partial charge in [0.15, 0.2) is 0 Å². The van der Waals surface area contributed by atoms with Crippen molar-refractivity contribution in [2.24, 2.45) is 0 Å². The summed E-state index contributed by atoms with van der Waals surface area (Å²) in [6.07, 6.45) is 4.59. The predicted octanol–water partition coefficient (Wildman–Crippen LogP) is 4.09. The molecule has 176 valence electrons. The van der Waals surface area contributed by atoms with Crippen LogP contribution in [0.5, 0.6) is 0 Å². The quantitative estimate of drug-likeness (QED) is 0.558. The van der Waals surface area contributed by atoms with Crippen LogP contribution in [0.2, 0.25) is 5.02 Å². The Balaban J connectivity index is 1.53. The molecule has 0 amide bonds. The Kier molecular flexibility index (Phi) is 6.97. The van der Waals surface area contributed by atoms with Crippen LogP contribution in [0.15, 0.2) is 55.1 Å². The summed E-state index contributed by atoms with van der Waals surface area (Å²) < 4.78 is 29.9. The zero-order chi connectivity index (χ0) is 23.6. The predicted molar refractivity (Wildman–Crippen MR) is 124 cm³/mol. The second kappa shape index (κ2) is 9.75. The minimum Gasteiger partial charge on any atom is -0.381 e. The molecule has 1 aromatic heterocycles. The lowest BCUT2D eigenvalue weighted by atomic mass is 9.84. The maximum Gasteiger partial charge on any atom is 0.137 e. The van der Waals surface area contributed by atoms with E-state index in [1.807, 2.05) is 31.2 Å². The van der Waals surface area contributed by atoms with E-state index in [4.69, 9.17) is 11.6 Å². The van der Waals surface area contributed by atoms with Crippen LogP contribution in [0.3, 0.4) is 0 Å². The normalized spacial score (nSPS) is 18.1. The van der Waals surface area contributed by atoms with Crippen LogP contribution < -0.4 is 4.90 Å². The van der Waals surface area contributed by atoms with Crippen LogP contribution in [0.1, 0.15) is 25.3 Å². The molecule has 2 atom stereocenters. The molecule has 3 aromatic rings. The molecule has 0 aliphatic carbocycles. The van der Waals surface area contributed by atoms with E-state index < -0.39 is 23.3 Å². The van der Waals surface area contributed by atoms with Crippen molar-refractivity contribution in [3.8, 4) is 0 Å². The van der Waals surface area contributed by atoms with Gasteiger partial charge in [0.1, 0.15) is 29.9 Å². The number of aliphatic hydroxyl groups is 1. The van der Waals surface area contributed by atoms with E-state index in [1.165, 1.54) is 29.5 Å². The fourth-order valence-corrected chi connectivity index (χ4v) is 4.90. The minimum atomic E-state index is -1.63. The third-order valence-corrected chi connectivity index (χ3v) is 7.00. The maximum absolute atomic E-state index is 14.8. The van der Waals surface area contributed by atoms with Crippen molar-refractivity contribution in [2.45, 2.75) is 44.0 Å². The summed E-state index contributed by atoms with van der Waals surface area (Å²) in [5.74, 6) is -1.46. The summed E-state index contributed by atoms with van der Waals surface area (Å²) in [5, 5.41) is 16.6. The molecule has 1 aliphatic rings. The molecule has 2 heterocycles. The van der Waals surface area contributed by atoms with E-state index in [9.17, 15) is 13.9 Å². The van der Waals surface area contributed by atoms with Gasteiger partial charge in [-0.25, -0.2) is 18.4 Å². The smallest absolute Gasteiger partial charge is 0.137 e. The Bertz CT molecular complexity index is 1070. The monoisotopic (exact) mass is 475 g/mol. The molecule has 1 N–H and O–H groups in total. The van der Waals surface area contributed by atoms with Gasteiger partial charge in [-0.1, -0.05) is 23.7 Å². The number of anilines is 1. The van der Waals surface area contributed by atoms with Crippen LogP contribution in [-0.2, 0) is 12.1 Å². The highest BCUT2D eigenvalue weighted by Gasteiger charge is 2.43. The molecule has 6 nitrogen and oxygen atoms in total. The highest BCUT2D eigenvalue weighted by Crippen LogP contribution is 2.34. The largest absolute Gasteiger partial charge is 0.381 e. The van der Waals surface area contributed by atoms with Gasteiger partial charge in [-0.05, 0) is 44.0 Å². The Morgan fingerprint density at radius 1 is 1.21 bits per heavy atom. The second-order valence-electron chi connectivity index (χ2n) is 8.68. The van der Waals surface area contributed by atoms with Crippen molar-refractivity contribution in [3.63, 3.8) is 0 Å². The molecule has 0 radical (unpaired) electrons. The molecular weight excluding hydrogens is 448 g/mol. The van der Waals surface area contributed by atoms with Crippen molar-refractivity contribution >= 4 is 17.3 Å². The summed E-state index contributed by atoms with van der Waals surface area (Å²) in [4.78, 5) is 8.32. The molecule has 33 heavy (non-hydrogen) atoms. The molecule has 2 aromatic carbocycles. The Hall–Kier alpha value is -2.55. The fourth-order valence-electron chi connectivity index (χ4n) is 4.71. The van der Waals surface area contributed by atoms with Crippen LogP contribution >= 0.6 is 11.6 Å². The number of rotatable bonds is 7. The lowest BCUT2D eigenvalue weighted by molar-refractivity contribution is -0.0690. The van der Waals surface area contributed by atoms with Crippen molar-refractivity contribution in [3.05, 3.63) is 77.3 Å². The molecule has 4 rings (SSSR count). The lowest BCUT2D eigenvalue weighted by Gasteiger charge is -2.45. The molecule has 0 spiro atoms. The van der Waals surface area contributed by atoms with E-state index in [1.54, 1.807) is 0 Å². The summed E-state index contributed by atoms with van der Waals surface area (Å²) in [7, 11) is 2.06. The van der Waals surface area contributed by atoms with Gasteiger partial charge in [-0.2, -0.15) is 5.10 Å². The fraction of sp³-hybridized carbons (Fsp3) is 0.417. The first kappa shape index (κ1) is 23.6. The van der Waals surface area contributed by atoms with Gasteiger partial charge in [-0.15, -0.1) is 0 Å².